The monoisotopic (exact) mass is 393 g/mol. The standard InChI is InChI=1S/C17H16INO2/c18-14-9-8-12(10-16(14)20)17(21)19-15-7-3-5-11-4-1-2-6-13(11)15/h3,5,7-10,20H,1-2,4,6H2,(H,19,21). The molecule has 0 heterocycles. The highest BCUT2D eigenvalue weighted by molar-refractivity contribution is 14.1. The van der Waals surface area contributed by atoms with Gasteiger partial charge in [-0.3, -0.25) is 4.79 Å². The summed E-state index contributed by atoms with van der Waals surface area (Å²) in [5.41, 5.74) is 3.97. The highest BCUT2D eigenvalue weighted by Crippen LogP contribution is 2.28. The van der Waals surface area contributed by atoms with Gasteiger partial charge in [-0.25, -0.2) is 0 Å². The molecule has 108 valence electrons. The minimum Gasteiger partial charge on any atom is -0.507 e. The van der Waals surface area contributed by atoms with E-state index in [1.54, 1.807) is 12.1 Å². The number of rotatable bonds is 2. The Hall–Kier alpha value is -1.56. The number of nitrogens with one attached hydrogen (secondary N) is 1. The Balaban J connectivity index is 1.86. The summed E-state index contributed by atoms with van der Waals surface area (Å²) in [4.78, 5) is 12.3. The van der Waals surface area contributed by atoms with Crippen molar-refractivity contribution in [3.05, 3.63) is 56.7 Å². The van der Waals surface area contributed by atoms with Crippen LogP contribution in [0, 0.1) is 3.57 Å². The lowest BCUT2D eigenvalue weighted by molar-refractivity contribution is 0.102. The molecule has 3 rings (SSSR count). The number of fused-ring (bicyclic) bond motifs is 1. The lowest BCUT2D eigenvalue weighted by Gasteiger charge is -2.19. The number of aromatic hydroxyl groups is 1. The molecule has 0 fully saturated rings. The Morgan fingerprint density at radius 1 is 1.14 bits per heavy atom. The van der Waals surface area contributed by atoms with Crippen molar-refractivity contribution in [1.82, 2.24) is 0 Å². The summed E-state index contributed by atoms with van der Waals surface area (Å²) in [7, 11) is 0. The van der Waals surface area contributed by atoms with Crippen LogP contribution in [0.25, 0.3) is 0 Å². The molecule has 0 bridgehead atoms. The molecule has 2 aromatic rings. The molecular weight excluding hydrogens is 377 g/mol. The van der Waals surface area contributed by atoms with Gasteiger partial charge in [-0.05, 0) is 83.7 Å². The summed E-state index contributed by atoms with van der Waals surface area (Å²) in [6.45, 7) is 0. The summed E-state index contributed by atoms with van der Waals surface area (Å²) in [6, 6.07) is 11.1. The number of aryl methyl sites for hydroxylation is 1. The summed E-state index contributed by atoms with van der Waals surface area (Å²) in [6.07, 6.45) is 4.49. The van der Waals surface area contributed by atoms with E-state index < -0.39 is 0 Å². The molecule has 2 N–H and O–H groups in total. The number of halogens is 1. The second-order valence-electron chi connectivity index (χ2n) is 5.27. The molecule has 0 atom stereocenters. The van der Waals surface area contributed by atoms with Gasteiger partial charge in [0.15, 0.2) is 0 Å². The maximum absolute atomic E-state index is 12.3. The van der Waals surface area contributed by atoms with Gasteiger partial charge in [0.05, 0.1) is 3.57 Å². The van der Waals surface area contributed by atoms with Crippen LogP contribution in [-0.4, -0.2) is 11.0 Å². The van der Waals surface area contributed by atoms with Crippen LogP contribution in [0.3, 0.4) is 0 Å². The quantitative estimate of drug-likeness (QED) is 0.754. The van der Waals surface area contributed by atoms with Crippen LogP contribution >= 0.6 is 22.6 Å². The molecule has 0 radical (unpaired) electrons. The highest BCUT2D eigenvalue weighted by atomic mass is 127. The molecule has 1 aliphatic rings. The zero-order chi connectivity index (χ0) is 14.8. The number of phenols is 1. The normalized spacial score (nSPS) is 13.6. The number of carbonyl (C=O) groups excluding carboxylic acids is 1. The van der Waals surface area contributed by atoms with Gasteiger partial charge in [0.1, 0.15) is 5.75 Å². The van der Waals surface area contributed by atoms with Gasteiger partial charge in [0.25, 0.3) is 5.91 Å². The summed E-state index contributed by atoms with van der Waals surface area (Å²) < 4.78 is 0.737. The lowest BCUT2D eigenvalue weighted by Crippen LogP contribution is -2.15. The first-order chi connectivity index (χ1) is 10.1. The third-order valence-electron chi connectivity index (χ3n) is 3.85. The van der Waals surface area contributed by atoms with Crippen molar-refractivity contribution < 1.29 is 9.90 Å². The Morgan fingerprint density at radius 3 is 2.76 bits per heavy atom. The van der Waals surface area contributed by atoms with Crippen molar-refractivity contribution in [2.45, 2.75) is 25.7 Å². The van der Waals surface area contributed by atoms with E-state index in [0.717, 1.165) is 22.1 Å². The third kappa shape index (κ3) is 3.05. The van der Waals surface area contributed by atoms with Crippen molar-refractivity contribution in [2.24, 2.45) is 0 Å². The molecule has 0 spiro atoms. The first-order valence-corrected chi connectivity index (χ1v) is 8.13. The van der Waals surface area contributed by atoms with Crippen LogP contribution in [0.1, 0.15) is 34.3 Å². The van der Waals surface area contributed by atoms with Crippen LogP contribution in [0.4, 0.5) is 5.69 Å². The van der Waals surface area contributed by atoms with Crippen LogP contribution in [0.2, 0.25) is 0 Å². The molecule has 0 aromatic heterocycles. The first-order valence-electron chi connectivity index (χ1n) is 7.06. The fourth-order valence-corrected chi connectivity index (χ4v) is 3.08. The molecule has 0 saturated carbocycles. The van der Waals surface area contributed by atoms with E-state index in [-0.39, 0.29) is 11.7 Å². The highest BCUT2D eigenvalue weighted by Gasteiger charge is 2.15. The maximum atomic E-state index is 12.3. The van der Waals surface area contributed by atoms with Crippen LogP contribution < -0.4 is 5.32 Å². The van der Waals surface area contributed by atoms with Crippen LogP contribution in [-0.2, 0) is 12.8 Å². The molecule has 0 aliphatic heterocycles. The van der Waals surface area contributed by atoms with E-state index >= 15 is 0 Å². The molecule has 0 saturated heterocycles. The molecule has 1 aliphatic carbocycles. The van der Waals surface area contributed by atoms with Gasteiger partial charge in [0, 0.05) is 11.3 Å². The fraction of sp³-hybridized carbons (Fsp3) is 0.235. The average molecular weight is 393 g/mol. The predicted octanol–water partition coefficient (Wildman–Crippen LogP) is 4.13. The Bertz CT molecular complexity index is 697. The van der Waals surface area contributed by atoms with Gasteiger partial charge < -0.3 is 10.4 Å². The van der Waals surface area contributed by atoms with E-state index in [1.807, 2.05) is 34.7 Å². The number of phenolic OH excluding ortho intramolecular Hbond substituents is 1. The SMILES string of the molecule is O=C(Nc1cccc2c1CCCC2)c1ccc(I)c(O)c1. The molecule has 21 heavy (non-hydrogen) atoms. The van der Waals surface area contributed by atoms with Crippen molar-refractivity contribution in [3.63, 3.8) is 0 Å². The smallest absolute Gasteiger partial charge is 0.255 e. The number of hydrogen-bond donors (Lipinski definition) is 2. The Kier molecular flexibility index (Phi) is 4.14. The van der Waals surface area contributed by atoms with Gasteiger partial charge in [-0.15, -0.1) is 0 Å². The Morgan fingerprint density at radius 2 is 1.95 bits per heavy atom. The summed E-state index contributed by atoms with van der Waals surface area (Å²) in [5.74, 6) is -0.0426. The number of carbonyl (C=O) groups is 1. The van der Waals surface area contributed by atoms with Crippen molar-refractivity contribution in [3.8, 4) is 5.75 Å². The van der Waals surface area contributed by atoms with Gasteiger partial charge in [-0.2, -0.15) is 0 Å². The zero-order valence-electron chi connectivity index (χ0n) is 11.5. The van der Waals surface area contributed by atoms with E-state index in [1.165, 1.54) is 30.0 Å². The topological polar surface area (TPSA) is 49.3 Å². The average Bonchev–Trinajstić information content (AvgIpc) is 2.50. The maximum Gasteiger partial charge on any atom is 0.255 e. The molecule has 3 nitrogen and oxygen atoms in total. The van der Waals surface area contributed by atoms with Crippen molar-refractivity contribution >= 4 is 34.2 Å². The molecular formula is C17H16INO2. The summed E-state index contributed by atoms with van der Waals surface area (Å²) in [5, 5.41) is 12.7. The zero-order valence-corrected chi connectivity index (χ0v) is 13.7. The molecule has 0 unspecified atom stereocenters. The van der Waals surface area contributed by atoms with E-state index in [4.69, 9.17) is 0 Å². The van der Waals surface area contributed by atoms with Crippen LogP contribution in [0.15, 0.2) is 36.4 Å². The summed E-state index contributed by atoms with van der Waals surface area (Å²) >= 11 is 2.03. The molecule has 4 heteroatoms. The predicted molar refractivity (Wildman–Crippen MR) is 91.9 cm³/mol. The lowest BCUT2D eigenvalue weighted by atomic mass is 9.90. The first kappa shape index (κ1) is 14.4. The number of hydrogen-bond acceptors (Lipinski definition) is 2. The second kappa shape index (κ2) is 6.05. The van der Waals surface area contributed by atoms with Gasteiger partial charge in [0.2, 0.25) is 0 Å². The minimum absolute atomic E-state index is 0.137. The van der Waals surface area contributed by atoms with Gasteiger partial charge in [-0.1, -0.05) is 12.1 Å². The molecule has 2 aromatic carbocycles. The third-order valence-corrected chi connectivity index (χ3v) is 4.76. The molecule has 1 amide bonds. The fourth-order valence-electron chi connectivity index (χ4n) is 2.75. The second-order valence-corrected chi connectivity index (χ2v) is 6.43. The van der Waals surface area contributed by atoms with Crippen molar-refractivity contribution in [1.29, 1.82) is 0 Å². The van der Waals surface area contributed by atoms with E-state index in [9.17, 15) is 9.90 Å². The number of benzene rings is 2. The van der Waals surface area contributed by atoms with E-state index in [0.29, 0.717) is 5.56 Å². The van der Waals surface area contributed by atoms with Crippen molar-refractivity contribution in [2.75, 3.05) is 5.32 Å². The minimum atomic E-state index is -0.180. The van der Waals surface area contributed by atoms with E-state index in [2.05, 4.69) is 11.4 Å². The van der Waals surface area contributed by atoms with Crippen LogP contribution in [0.5, 0.6) is 5.75 Å². The Labute approximate surface area is 137 Å². The number of anilines is 1. The number of amides is 1. The van der Waals surface area contributed by atoms with Gasteiger partial charge >= 0.3 is 0 Å². The largest absolute Gasteiger partial charge is 0.507 e.